The Hall–Kier alpha value is -3.85. The summed E-state index contributed by atoms with van der Waals surface area (Å²) in [7, 11) is 0. The maximum atomic E-state index is 13.4. The smallest absolute Gasteiger partial charge is 0.269 e. The fourth-order valence-corrected chi connectivity index (χ4v) is 5.10. The first-order valence-electron chi connectivity index (χ1n) is 11.7. The average molecular weight is 476 g/mol. The van der Waals surface area contributed by atoms with Gasteiger partial charge < -0.3 is 10.2 Å². The molecule has 35 heavy (non-hydrogen) atoms. The number of pyridine rings is 1. The highest BCUT2D eigenvalue weighted by Gasteiger charge is 2.41. The zero-order chi connectivity index (χ0) is 24.4. The molecule has 1 amide bonds. The summed E-state index contributed by atoms with van der Waals surface area (Å²) in [4.78, 5) is 33.0. The van der Waals surface area contributed by atoms with Gasteiger partial charge in [-0.05, 0) is 47.4 Å². The maximum absolute atomic E-state index is 13.4. The summed E-state index contributed by atoms with van der Waals surface area (Å²) in [6.07, 6.45) is 3.84. The lowest BCUT2D eigenvalue weighted by atomic mass is 9.83. The lowest BCUT2D eigenvalue weighted by Gasteiger charge is -2.49. The van der Waals surface area contributed by atoms with E-state index in [0.717, 1.165) is 28.9 Å². The third-order valence-corrected chi connectivity index (χ3v) is 6.84. The Morgan fingerprint density at radius 1 is 1.14 bits per heavy atom. The van der Waals surface area contributed by atoms with E-state index in [-0.39, 0.29) is 29.4 Å². The van der Waals surface area contributed by atoms with Crippen molar-refractivity contribution in [2.24, 2.45) is 5.92 Å². The third kappa shape index (κ3) is 5.00. The van der Waals surface area contributed by atoms with Crippen LogP contribution < -0.4 is 10.2 Å². The van der Waals surface area contributed by atoms with Gasteiger partial charge in [-0.1, -0.05) is 18.2 Å². The average Bonchev–Trinajstić information content (AvgIpc) is 2.88. The van der Waals surface area contributed by atoms with E-state index >= 15 is 0 Å². The molecule has 9 heteroatoms. The Balaban J connectivity index is 1.39. The van der Waals surface area contributed by atoms with Crippen LogP contribution >= 0.6 is 0 Å². The van der Waals surface area contributed by atoms with Crippen LogP contribution in [0, 0.1) is 21.8 Å². The first-order valence-corrected chi connectivity index (χ1v) is 11.7. The molecule has 1 fully saturated rings. The molecule has 0 saturated carbocycles. The highest BCUT2D eigenvalue weighted by Crippen LogP contribution is 2.38. The normalized spacial score (nSPS) is 19.5. The van der Waals surface area contributed by atoms with Crippen LogP contribution in [-0.2, 0) is 24.3 Å². The molecule has 0 unspecified atom stereocenters. The molecule has 3 heterocycles. The zero-order valence-corrected chi connectivity index (χ0v) is 19.1. The van der Waals surface area contributed by atoms with Crippen molar-refractivity contribution in [1.29, 1.82) is 0 Å². The van der Waals surface area contributed by atoms with Gasteiger partial charge in [0.05, 0.1) is 16.9 Å². The zero-order valence-electron chi connectivity index (χ0n) is 19.1. The number of nitro benzene ring substituents is 1. The molecule has 180 valence electrons. The number of nitrogens with zero attached hydrogens (tertiary/aromatic N) is 4. The summed E-state index contributed by atoms with van der Waals surface area (Å²) in [6.45, 7) is 3.18. The maximum Gasteiger partial charge on any atom is 0.269 e. The summed E-state index contributed by atoms with van der Waals surface area (Å²) >= 11 is 0. The number of hydrogen-bond acceptors (Lipinski definition) is 6. The van der Waals surface area contributed by atoms with Crippen molar-refractivity contribution in [3.63, 3.8) is 0 Å². The molecule has 3 aromatic rings. The SMILES string of the molecule is O=C(NCc1cccnc1)[C@H]1Cc2cc([N+](=O)[O-])ccc2N2CCN(Cc3ccc(F)cc3)C[C@@H]12. The second kappa shape index (κ2) is 9.79. The first-order chi connectivity index (χ1) is 17.0. The van der Waals surface area contributed by atoms with E-state index in [1.807, 2.05) is 12.1 Å². The van der Waals surface area contributed by atoms with Crippen molar-refractivity contribution in [3.05, 3.63) is 99.6 Å². The molecule has 2 atom stereocenters. The van der Waals surface area contributed by atoms with Crippen LogP contribution in [0.3, 0.4) is 0 Å². The number of carbonyl (C=O) groups is 1. The molecule has 0 bridgehead atoms. The van der Waals surface area contributed by atoms with Crippen molar-refractivity contribution < 1.29 is 14.1 Å². The van der Waals surface area contributed by atoms with Crippen LogP contribution in [-0.4, -0.2) is 46.4 Å². The fraction of sp³-hybridized carbons (Fsp3) is 0.308. The van der Waals surface area contributed by atoms with E-state index in [9.17, 15) is 19.3 Å². The van der Waals surface area contributed by atoms with E-state index in [0.29, 0.717) is 32.6 Å². The van der Waals surface area contributed by atoms with E-state index < -0.39 is 4.92 Å². The molecule has 1 N–H and O–H groups in total. The highest BCUT2D eigenvalue weighted by molar-refractivity contribution is 5.82. The van der Waals surface area contributed by atoms with Crippen molar-refractivity contribution in [2.75, 3.05) is 24.5 Å². The number of non-ortho nitro benzene ring substituents is 1. The van der Waals surface area contributed by atoms with Crippen LogP contribution in [0.25, 0.3) is 0 Å². The number of halogens is 1. The van der Waals surface area contributed by atoms with Gasteiger partial charge in [-0.15, -0.1) is 0 Å². The molecule has 2 aliphatic heterocycles. The van der Waals surface area contributed by atoms with Gasteiger partial charge >= 0.3 is 0 Å². The predicted octanol–water partition coefficient (Wildman–Crippen LogP) is 3.31. The molecular weight excluding hydrogens is 449 g/mol. The Kier molecular flexibility index (Phi) is 6.41. The minimum Gasteiger partial charge on any atom is -0.365 e. The van der Waals surface area contributed by atoms with Gasteiger partial charge in [-0.2, -0.15) is 0 Å². The van der Waals surface area contributed by atoms with Crippen LogP contribution in [0.15, 0.2) is 67.0 Å². The Labute approximate surface area is 202 Å². The van der Waals surface area contributed by atoms with Crippen molar-refractivity contribution >= 4 is 17.3 Å². The molecular formula is C26H26FN5O3. The molecule has 0 aliphatic carbocycles. The number of piperazine rings is 1. The third-order valence-electron chi connectivity index (χ3n) is 6.84. The summed E-state index contributed by atoms with van der Waals surface area (Å²) in [5.74, 6) is -0.705. The van der Waals surface area contributed by atoms with Gasteiger partial charge in [-0.25, -0.2) is 4.39 Å². The topological polar surface area (TPSA) is 91.6 Å². The predicted molar refractivity (Wildman–Crippen MR) is 129 cm³/mol. The molecule has 1 aromatic heterocycles. The molecule has 8 nitrogen and oxygen atoms in total. The van der Waals surface area contributed by atoms with E-state index in [4.69, 9.17) is 0 Å². The van der Waals surface area contributed by atoms with Gasteiger partial charge in [-0.3, -0.25) is 24.8 Å². The number of amides is 1. The second-order valence-electron chi connectivity index (χ2n) is 9.08. The number of nitrogens with one attached hydrogen (secondary N) is 1. The standard InChI is InChI=1S/C26H26FN5O3/c27-21-5-3-18(4-6-21)16-30-10-11-31-24-8-7-22(32(34)35)12-20(24)13-23(25(31)17-30)26(33)29-15-19-2-1-9-28-14-19/h1-9,12,14,23,25H,10-11,13,15-17H2,(H,29,33)/t23-,25-/m0/s1. The number of nitro groups is 1. The molecule has 1 saturated heterocycles. The van der Waals surface area contributed by atoms with Crippen LogP contribution in [0.5, 0.6) is 0 Å². The number of fused-ring (bicyclic) bond motifs is 3. The van der Waals surface area contributed by atoms with E-state index in [1.54, 1.807) is 36.7 Å². The number of rotatable bonds is 6. The van der Waals surface area contributed by atoms with Gasteiger partial charge in [0.15, 0.2) is 0 Å². The number of aromatic nitrogens is 1. The minimum absolute atomic E-state index is 0.0339. The fourth-order valence-electron chi connectivity index (χ4n) is 5.10. The van der Waals surface area contributed by atoms with Gasteiger partial charge in [0, 0.05) is 62.9 Å². The Morgan fingerprint density at radius 3 is 2.71 bits per heavy atom. The van der Waals surface area contributed by atoms with Gasteiger partial charge in [0.25, 0.3) is 5.69 Å². The monoisotopic (exact) mass is 475 g/mol. The Bertz CT molecular complexity index is 1220. The highest BCUT2D eigenvalue weighted by atomic mass is 19.1. The number of hydrogen-bond donors (Lipinski definition) is 1. The number of benzene rings is 2. The van der Waals surface area contributed by atoms with Crippen LogP contribution in [0.4, 0.5) is 15.8 Å². The first kappa shape index (κ1) is 22.9. The second-order valence-corrected chi connectivity index (χ2v) is 9.08. The summed E-state index contributed by atoms with van der Waals surface area (Å²) in [6, 6.07) is 15.1. The quantitative estimate of drug-likeness (QED) is 0.435. The van der Waals surface area contributed by atoms with E-state index in [1.165, 1.54) is 18.2 Å². The summed E-state index contributed by atoms with van der Waals surface area (Å²) < 4.78 is 13.3. The van der Waals surface area contributed by atoms with E-state index in [2.05, 4.69) is 20.1 Å². The van der Waals surface area contributed by atoms with Crippen molar-refractivity contribution in [1.82, 2.24) is 15.2 Å². The summed E-state index contributed by atoms with van der Waals surface area (Å²) in [5.41, 5.74) is 3.74. The lowest BCUT2D eigenvalue weighted by Crippen LogP contribution is -2.60. The molecule has 0 radical (unpaired) electrons. The minimum atomic E-state index is -0.398. The molecule has 5 rings (SSSR count). The largest absolute Gasteiger partial charge is 0.365 e. The lowest BCUT2D eigenvalue weighted by molar-refractivity contribution is -0.384. The number of carbonyl (C=O) groups excluding carboxylic acids is 1. The van der Waals surface area contributed by atoms with Crippen molar-refractivity contribution in [2.45, 2.75) is 25.6 Å². The number of anilines is 1. The van der Waals surface area contributed by atoms with Gasteiger partial charge in [0.1, 0.15) is 5.82 Å². The molecule has 2 aromatic carbocycles. The van der Waals surface area contributed by atoms with Crippen molar-refractivity contribution in [3.8, 4) is 0 Å². The molecule has 2 aliphatic rings. The summed E-state index contributed by atoms with van der Waals surface area (Å²) in [5, 5.41) is 14.4. The van der Waals surface area contributed by atoms with Crippen LogP contribution in [0.2, 0.25) is 0 Å². The van der Waals surface area contributed by atoms with Crippen LogP contribution in [0.1, 0.15) is 16.7 Å². The van der Waals surface area contributed by atoms with Gasteiger partial charge in [0.2, 0.25) is 5.91 Å². The Morgan fingerprint density at radius 2 is 1.97 bits per heavy atom. The molecule has 0 spiro atoms.